The second-order valence-electron chi connectivity index (χ2n) is 8.95. The molecule has 1 rings (SSSR count). The zero-order chi connectivity index (χ0) is 19.6. The first-order valence-electron chi connectivity index (χ1n) is 10.8. The lowest BCUT2D eigenvalue weighted by atomic mass is 9.92. The van der Waals surface area contributed by atoms with Gasteiger partial charge in [0.05, 0.1) is 0 Å². The number of hydrogen-bond donors (Lipinski definition) is 0. The molecule has 0 radical (unpaired) electrons. The molecule has 1 heterocycles. The fourth-order valence-corrected chi connectivity index (χ4v) is 3.81. The third-order valence-corrected chi connectivity index (χ3v) is 5.10. The van der Waals surface area contributed by atoms with Gasteiger partial charge >= 0.3 is 6.09 Å². The highest BCUT2D eigenvalue weighted by atomic mass is 16.6. The minimum atomic E-state index is -0.499. The summed E-state index contributed by atoms with van der Waals surface area (Å²) in [6.07, 6.45) is 13.1. The molecule has 26 heavy (non-hydrogen) atoms. The summed E-state index contributed by atoms with van der Waals surface area (Å²) in [6.45, 7) is 9.88. The van der Waals surface area contributed by atoms with E-state index in [-0.39, 0.29) is 24.0 Å². The second kappa shape index (κ2) is 11.6. The maximum absolute atomic E-state index is 12.6. The maximum Gasteiger partial charge on any atom is 0.410 e. The molecule has 0 saturated carbocycles. The van der Waals surface area contributed by atoms with Gasteiger partial charge in [-0.2, -0.15) is 0 Å². The van der Waals surface area contributed by atoms with Gasteiger partial charge in [0.15, 0.2) is 0 Å². The zero-order valence-electron chi connectivity index (χ0n) is 17.8. The van der Waals surface area contributed by atoms with E-state index in [0.717, 1.165) is 12.8 Å². The smallest absolute Gasteiger partial charge is 0.410 e. The van der Waals surface area contributed by atoms with Gasteiger partial charge in [-0.05, 0) is 34.1 Å². The quantitative estimate of drug-likeness (QED) is 0.428. The minimum Gasteiger partial charge on any atom is -0.444 e. The summed E-state index contributed by atoms with van der Waals surface area (Å²) in [7, 11) is 0. The molecule has 1 fully saturated rings. The molecule has 1 aliphatic heterocycles. The van der Waals surface area contributed by atoms with Crippen LogP contribution in [0.25, 0.3) is 0 Å². The molecular weight excluding hydrogens is 326 g/mol. The van der Waals surface area contributed by atoms with Crippen LogP contribution in [0.3, 0.4) is 0 Å². The van der Waals surface area contributed by atoms with Crippen molar-refractivity contribution in [3.05, 3.63) is 0 Å². The molecule has 0 bridgehead atoms. The molecule has 1 saturated heterocycles. The number of piperidine rings is 1. The standard InChI is InChI=1S/C22H41NO3/c1-6-7-8-9-10-11-12-13-14-15-19-17-20(24)16-18(2)23(19)21(25)26-22(3,4)5/h18-19H,6-17H2,1-5H3/t18-,19+/m1/s1. The van der Waals surface area contributed by atoms with Gasteiger partial charge in [0.2, 0.25) is 0 Å². The Morgan fingerprint density at radius 2 is 1.54 bits per heavy atom. The highest BCUT2D eigenvalue weighted by Gasteiger charge is 2.37. The summed E-state index contributed by atoms with van der Waals surface area (Å²) in [6, 6.07) is -0.0553. The van der Waals surface area contributed by atoms with Gasteiger partial charge in [-0.3, -0.25) is 4.79 Å². The van der Waals surface area contributed by atoms with Crippen molar-refractivity contribution < 1.29 is 14.3 Å². The summed E-state index contributed by atoms with van der Waals surface area (Å²) in [4.78, 5) is 26.4. The van der Waals surface area contributed by atoms with Gasteiger partial charge in [0, 0.05) is 24.9 Å². The van der Waals surface area contributed by atoms with Crippen LogP contribution in [0.15, 0.2) is 0 Å². The van der Waals surface area contributed by atoms with Crippen LogP contribution in [-0.4, -0.2) is 34.5 Å². The van der Waals surface area contributed by atoms with Crippen LogP contribution in [0, 0.1) is 0 Å². The Labute approximate surface area is 161 Å². The van der Waals surface area contributed by atoms with Crippen molar-refractivity contribution in [3.63, 3.8) is 0 Å². The van der Waals surface area contributed by atoms with E-state index in [2.05, 4.69) is 6.92 Å². The van der Waals surface area contributed by atoms with Crippen molar-refractivity contribution in [3.8, 4) is 0 Å². The first-order chi connectivity index (χ1) is 12.2. The fraction of sp³-hybridized carbons (Fsp3) is 0.909. The predicted octanol–water partition coefficient (Wildman–Crippen LogP) is 6.26. The number of amides is 1. The van der Waals surface area contributed by atoms with Crippen molar-refractivity contribution in [1.82, 2.24) is 4.90 Å². The lowest BCUT2D eigenvalue weighted by Crippen LogP contribution is -2.52. The first kappa shape index (κ1) is 23.0. The molecule has 0 N–H and O–H groups in total. The maximum atomic E-state index is 12.6. The minimum absolute atomic E-state index is 0.00524. The van der Waals surface area contributed by atoms with Gasteiger partial charge in [-0.1, -0.05) is 64.7 Å². The number of hydrogen-bond acceptors (Lipinski definition) is 3. The highest BCUT2D eigenvalue weighted by Crippen LogP contribution is 2.27. The van der Waals surface area contributed by atoms with E-state index in [1.807, 2.05) is 32.6 Å². The van der Waals surface area contributed by atoms with E-state index in [1.165, 1.54) is 51.4 Å². The molecule has 1 amide bonds. The summed E-state index contributed by atoms with van der Waals surface area (Å²) < 4.78 is 5.58. The summed E-state index contributed by atoms with van der Waals surface area (Å²) in [5.74, 6) is 0.276. The average Bonchev–Trinajstić information content (AvgIpc) is 2.50. The van der Waals surface area contributed by atoms with Crippen LogP contribution < -0.4 is 0 Å². The van der Waals surface area contributed by atoms with Crippen molar-refractivity contribution in [2.75, 3.05) is 0 Å². The molecule has 0 aromatic heterocycles. The molecule has 1 aliphatic rings. The number of rotatable bonds is 10. The monoisotopic (exact) mass is 367 g/mol. The van der Waals surface area contributed by atoms with Crippen molar-refractivity contribution in [2.45, 2.75) is 129 Å². The van der Waals surface area contributed by atoms with Gasteiger partial charge < -0.3 is 9.64 Å². The Morgan fingerprint density at radius 1 is 1.00 bits per heavy atom. The van der Waals surface area contributed by atoms with E-state index in [0.29, 0.717) is 12.8 Å². The molecule has 0 unspecified atom stereocenters. The number of ketones is 1. The Kier molecular flexibility index (Phi) is 10.3. The Balaban J connectivity index is 2.38. The number of Topliss-reactive ketones (excluding diaryl/α,β-unsaturated/α-hetero) is 1. The van der Waals surface area contributed by atoms with Gasteiger partial charge in [-0.15, -0.1) is 0 Å². The topological polar surface area (TPSA) is 46.6 Å². The predicted molar refractivity (Wildman–Crippen MR) is 107 cm³/mol. The van der Waals surface area contributed by atoms with Gasteiger partial charge in [0.1, 0.15) is 11.4 Å². The number of carbonyl (C=O) groups excluding carboxylic acids is 2. The number of likely N-dealkylation sites (tertiary alicyclic amines) is 1. The SMILES string of the molecule is CCCCCCCCCCC[C@H]1CC(=O)C[C@@H](C)N1C(=O)OC(C)(C)C. The normalized spacial score (nSPS) is 21.1. The Morgan fingerprint density at radius 3 is 2.08 bits per heavy atom. The molecule has 0 spiro atoms. The average molecular weight is 368 g/mol. The lowest BCUT2D eigenvalue weighted by Gasteiger charge is -2.40. The van der Waals surface area contributed by atoms with Crippen LogP contribution >= 0.6 is 0 Å². The Bertz CT molecular complexity index is 428. The fourth-order valence-electron chi connectivity index (χ4n) is 3.81. The molecule has 0 aliphatic carbocycles. The van der Waals surface area contributed by atoms with Gasteiger partial charge in [0.25, 0.3) is 0 Å². The van der Waals surface area contributed by atoms with Crippen molar-refractivity contribution in [2.24, 2.45) is 0 Å². The number of carbonyl (C=O) groups is 2. The molecule has 4 nitrogen and oxygen atoms in total. The van der Waals surface area contributed by atoms with Gasteiger partial charge in [-0.25, -0.2) is 4.79 Å². The summed E-state index contributed by atoms with van der Waals surface area (Å²) in [5.41, 5.74) is -0.499. The Hall–Kier alpha value is -1.06. The summed E-state index contributed by atoms with van der Waals surface area (Å²) in [5, 5.41) is 0. The zero-order valence-corrected chi connectivity index (χ0v) is 17.8. The summed E-state index contributed by atoms with van der Waals surface area (Å²) >= 11 is 0. The van der Waals surface area contributed by atoms with E-state index < -0.39 is 5.60 Å². The largest absolute Gasteiger partial charge is 0.444 e. The van der Waals surface area contributed by atoms with E-state index in [1.54, 1.807) is 0 Å². The van der Waals surface area contributed by atoms with Crippen LogP contribution in [0.1, 0.15) is 112 Å². The first-order valence-corrected chi connectivity index (χ1v) is 10.8. The third-order valence-electron chi connectivity index (χ3n) is 5.10. The molecule has 0 aromatic carbocycles. The van der Waals surface area contributed by atoms with Crippen LogP contribution in [0.4, 0.5) is 4.79 Å². The lowest BCUT2D eigenvalue weighted by molar-refractivity contribution is -0.124. The molecule has 4 heteroatoms. The highest BCUT2D eigenvalue weighted by molar-refractivity contribution is 5.83. The van der Waals surface area contributed by atoms with E-state index in [9.17, 15) is 9.59 Å². The molecule has 152 valence electrons. The number of unbranched alkanes of at least 4 members (excludes halogenated alkanes) is 8. The van der Waals surface area contributed by atoms with Crippen LogP contribution in [-0.2, 0) is 9.53 Å². The number of ether oxygens (including phenoxy) is 1. The van der Waals surface area contributed by atoms with E-state index >= 15 is 0 Å². The molecular formula is C22H41NO3. The third kappa shape index (κ3) is 9.05. The number of nitrogens with zero attached hydrogens (tertiary/aromatic N) is 1. The molecule has 2 atom stereocenters. The van der Waals surface area contributed by atoms with Crippen molar-refractivity contribution in [1.29, 1.82) is 0 Å². The van der Waals surface area contributed by atoms with Crippen LogP contribution in [0.5, 0.6) is 0 Å². The van der Waals surface area contributed by atoms with Crippen molar-refractivity contribution >= 4 is 11.9 Å². The van der Waals surface area contributed by atoms with Crippen LogP contribution in [0.2, 0.25) is 0 Å². The molecule has 0 aromatic rings. The van der Waals surface area contributed by atoms with E-state index in [4.69, 9.17) is 4.74 Å². The second-order valence-corrected chi connectivity index (χ2v) is 8.95.